The van der Waals surface area contributed by atoms with Crippen LogP contribution in [-0.2, 0) is 4.79 Å². The molecule has 0 aromatic carbocycles. The van der Waals surface area contributed by atoms with Gasteiger partial charge in [-0.15, -0.1) is 0 Å². The molecular weight excluding hydrogens is 230 g/mol. The van der Waals surface area contributed by atoms with Gasteiger partial charge in [0.05, 0.1) is 4.83 Å². The maximum atomic E-state index is 11.5. The van der Waals surface area contributed by atoms with Gasteiger partial charge in [-0.25, -0.2) is 0 Å². The second kappa shape index (κ2) is 4.45. The highest BCUT2D eigenvalue weighted by Gasteiger charge is 2.29. The van der Waals surface area contributed by atoms with E-state index in [9.17, 15) is 4.79 Å². The molecule has 0 heterocycles. The van der Waals surface area contributed by atoms with Crippen LogP contribution in [0.1, 0.15) is 33.6 Å². The lowest BCUT2D eigenvalue weighted by Gasteiger charge is -2.34. The van der Waals surface area contributed by atoms with Crippen molar-refractivity contribution >= 4 is 21.8 Å². The predicted octanol–water partition coefficient (Wildman–Crippen LogP) is 2.32. The fourth-order valence-corrected chi connectivity index (χ4v) is 1.74. The average Bonchev–Trinajstić information content (AvgIpc) is 2.00. The van der Waals surface area contributed by atoms with Crippen molar-refractivity contribution < 1.29 is 4.79 Å². The van der Waals surface area contributed by atoms with Crippen LogP contribution >= 0.6 is 15.9 Å². The number of carbonyl (C=O) groups excluding carboxylic acids is 1. The minimum atomic E-state index is -0.0385. The molecule has 13 heavy (non-hydrogen) atoms. The van der Waals surface area contributed by atoms with E-state index >= 15 is 0 Å². The quantitative estimate of drug-likeness (QED) is 0.763. The zero-order valence-corrected chi connectivity index (χ0v) is 10.1. The predicted molar refractivity (Wildman–Crippen MR) is 57.9 cm³/mol. The number of alkyl halides is 1. The summed E-state index contributed by atoms with van der Waals surface area (Å²) >= 11 is 3.39. The molecule has 1 rings (SSSR count). The van der Waals surface area contributed by atoms with E-state index in [0.717, 1.165) is 18.8 Å². The lowest BCUT2D eigenvalue weighted by molar-refractivity contribution is -0.122. The third-order valence-electron chi connectivity index (χ3n) is 2.56. The molecule has 0 radical (unpaired) electrons. The second-order valence-electron chi connectivity index (χ2n) is 4.43. The van der Waals surface area contributed by atoms with Crippen molar-refractivity contribution in [3.8, 4) is 0 Å². The van der Waals surface area contributed by atoms with Gasteiger partial charge in [0.1, 0.15) is 0 Å². The maximum Gasteiger partial charge on any atom is 0.234 e. The van der Waals surface area contributed by atoms with Crippen LogP contribution in [-0.4, -0.2) is 16.8 Å². The van der Waals surface area contributed by atoms with E-state index in [4.69, 9.17) is 0 Å². The largest absolute Gasteiger partial charge is 0.352 e. The molecule has 0 aromatic rings. The Morgan fingerprint density at radius 3 is 2.38 bits per heavy atom. The van der Waals surface area contributed by atoms with Crippen LogP contribution in [0.15, 0.2) is 0 Å². The molecule has 1 aliphatic rings. The normalized spacial score (nSPS) is 29.6. The number of rotatable bonds is 3. The van der Waals surface area contributed by atoms with E-state index in [2.05, 4.69) is 28.2 Å². The van der Waals surface area contributed by atoms with E-state index < -0.39 is 0 Å². The van der Waals surface area contributed by atoms with Crippen molar-refractivity contribution in [2.24, 2.45) is 11.8 Å². The van der Waals surface area contributed by atoms with Crippen LogP contribution in [0.4, 0.5) is 0 Å². The standard InChI is InChI=1S/C10H18BrNO/c1-6(2)9(11)10(13)12-8-4-7(3)5-8/h6-9H,4-5H2,1-3H3,(H,12,13). The highest BCUT2D eigenvalue weighted by molar-refractivity contribution is 9.10. The minimum Gasteiger partial charge on any atom is -0.352 e. The van der Waals surface area contributed by atoms with E-state index in [1.54, 1.807) is 0 Å². The maximum absolute atomic E-state index is 11.5. The molecule has 1 saturated carbocycles. The number of hydrogen-bond acceptors (Lipinski definition) is 1. The highest BCUT2D eigenvalue weighted by Crippen LogP contribution is 2.26. The van der Waals surface area contributed by atoms with Gasteiger partial charge in [0, 0.05) is 6.04 Å². The summed E-state index contributed by atoms with van der Waals surface area (Å²) in [5.74, 6) is 1.29. The first-order valence-electron chi connectivity index (χ1n) is 4.95. The van der Waals surface area contributed by atoms with Gasteiger partial charge in [-0.3, -0.25) is 4.79 Å². The van der Waals surface area contributed by atoms with Crippen LogP contribution < -0.4 is 5.32 Å². The molecule has 2 nitrogen and oxygen atoms in total. The smallest absolute Gasteiger partial charge is 0.234 e. The zero-order chi connectivity index (χ0) is 10.0. The molecule has 0 saturated heterocycles. The van der Waals surface area contributed by atoms with Crippen LogP contribution in [0.3, 0.4) is 0 Å². The van der Waals surface area contributed by atoms with E-state index in [-0.39, 0.29) is 10.7 Å². The van der Waals surface area contributed by atoms with Crippen LogP contribution in [0, 0.1) is 11.8 Å². The van der Waals surface area contributed by atoms with E-state index in [1.165, 1.54) is 0 Å². The number of amides is 1. The number of hydrogen-bond donors (Lipinski definition) is 1. The van der Waals surface area contributed by atoms with Gasteiger partial charge >= 0.3 is 0 Å². The Kier molecular flexibility index (Phi) is 3.77. The number of halogens is 1. The van der Waals surface area contributed by atoms with Crippen molar-refractivity contribution in [3.63, 3.8) is 0 Å². The second-order valence-corrected chi connectivity index (χ2v) is 5.41. The number of carbonyl (C=O) groups is 1. The van der Waals surface area contributed by atoms with Crippen LogP contribution in [0.2, 0.25) is 0 Å². The highest BCUT2D eigenvalue weighted by atomic mass is 79.9. The number of nitrogens with one attached hydrogen (secondary N) is 1. The summed E-state index contributed by atoms with van der Waals surface area (Å²) in [6.45, 7) is 6.31. The molecule has 0 aliphatic heterocycles. The Morgan fingerprint density at radius 1 is 1.46 bits per heavy atom. The Labute approximate surface area is 88.6 Å². The summed E-state index contributed by atoms with van der Waals surface area (Å²) in [5.41, 5.74) is 0. The Bertz CT molecular complexity index is 187. The van der Waals surface area contributed by atoms with Crippen LogP contribution in [0.5, 0.6) is 0 Å². The molecule has 3 heteroatoms. The van der Waals surface area contributed by atoms with Crippen molar-refractivity contribution in [3.05, 3.63) is 0 Å². The Morgan fingerprint density at radius 2 is 2.00 bits per heavy atom. The molecule has 1 amide bonds. The summed E-state index contributed by atoms with van der Waals surface area (Å²) in [6.07, 6.45) is 2.28. The molecular formula is C10H18BrNO. The molecule has 1 fully saturated rings. The van der Waals surface area contributed by atoms with Gasteiger partial charge in [0.2, 0.25) is 5.91 Å². The molecule has 0 bridgehead atoms. The first kappa shape index (κ1) is 11.0. The first-order chi connectivity index (χ1) is 6.00. The molecule has 76 valence electrons. The summed E-state index contributed by atoms with van der Waals surface area (Å²) in [5, 5.41) is 3.04. The molecule has 0 aromatic heterocycles. The zero-order valence-electron chi connectivity index (χ0n) is 8.51. The summed E-state index contributed by atoms with van der Waals surface area (Å²) in [7, 11) is 0. The lowest BCUT2D eigenvalue weighted by atomic mass is 9.82. The molecule has 0 spiro atoms. The first-order valence-corrected chi connectivity index (χ1v) is 5.86. The van der Waals surface area contributed by atoms with E-state index in [0.29, 0.717) is 12.0 Å². The van der Waals surface area contributed by atoms with Gasteiger partial charge in [0.15, 0.2) is 0 Å². The van der Waals surface area contributed by atoms with Crippen molar-refractivity contribution in [2.45, 2.75) is 44.5 Å². The minimum absolute atomic E-state index is 0.0385. The SMILES string of the molecule is CC1CC(NC(=O)C(Br)C(C)C)C1. The van der Waals surface area contributed by atoms with Gasteiger partial charge in [-0.2, -0.15) is 0 Å². The summed E-state index contributed by atoms with van der Waals surface area (Å²) in [4.78, 5) is 11.5. The van der Waals surface area contributed by atoms with Gasteiger partial charge < -0.3 is 5.32 Å². The van der Waals surface area contributed by atoms with E-state index in [1.807, 2.05) is 13.8 Å². The molecule has 1 unspecified atom stereocenters. The van der Waals surface area contributed by atoms with Crippen molar-refractivity contribution in [1.29, 1.82) is 0 Å². The monoisotopic (exact) mass is 247 g/mol. The molecule has 1 atom stereocenters. The van der Waals surface area contributed by atoms with Gasteiger partial charge in [0.25, 0.3) is 0 Å². The van der Waals surface area contributed by atoms with Crippen LogP contribution in [0.25, 0.3) is 0 Å². The lowest BCUT2D eigenvalue weighted by Crippen LogP contribution is -2.47. The third kappa shape index (κ3) is 2.97. The average molecular weight is 248 g/mol. The van der Waals surface area contributed by atoms with Crippen molar-refractivity contribution in [1.82, 2.24) is 5.32 Å². The Balaban J connectivity index is 2.25. The van der Waals surface area contributed by atoms with Crippen molar-refractivity contribution in [2.75, 3.05) is 0 Å². The van der Waals surface area contributed by atoms with Gasteiger partial charge in [-0.05, 0) is 24.7 Å². The third-order valence-corrected chi connectivity index (χ3v) is 4.03. The molecule has 1 aliphatic carbocycles. The fourth-order valence-electron chi connectivity index (χ4n) is 1.60. The fraction of sp³-hybridized carbons (Fsp3) is 0.900. The topological polar surface area (TPSA) is 29.1 Å². The Hall–Kier alpha value is -0.0500. The molecule has 1 N–H and O–H groups in total. The van der Waals surface area contributed by atoms with Gasteiger partial charge in [-0.1, -0.05) is 36.7 Å². The summed E-state index contributed by atoms with van der Waals surface area (Å²) < 4.78 is 0. The summed E-state index contributed by atoms with van der Waals surface area (Å²) in [6, 6.07) is 0.432.